The summed E-state index contributed by atoms with van der Waals surface area (Å²) in [5.41, 5.74) is -1.07. The molecule has 0 amide bonds. The van der Waals surface area contributed by atoms with Crippen LogP contribution in [0.3, 0.4) is 0 Å². The Bertz CT molecular complexity index is 380. The molecule has 0 spiro atoms. The van der Waals surface area contributed by atoms with E-state index in [0.29, 0.717) is 18.8 Å². The van der Waals surface area contributed by atoms with Gasteiger partial charge in [0.1, 0.15) is 0 Å². The molecule has 3 N–H and O–H groups in total. The maximum Gasteiger partial charge on any atom is 0.0738 e. The molecule has 0 bridgehead atoms. The molecular formula is C15H26O3. The third-order valence-corrected chi connectivity index (χ3v) is 6.51. The zero-order chi connectivity index (χ0) is 13.5. The van der Waals surface area contributed by atoms with E-state index in [1.165, 1.54) is 0 Å². The Morgan fingerprint density at radius 2 is 1.72 bits per heavy atom. The second-order valence-corrected chi connectivity index (χ2v) is 8.06. The Morgan fingerprint density at radius 1 is 1.11 bits per heavy atom. The van der Waals surface area contributed by atoms with Gasteiger partial charge in [0.05, 0.1) is 17.8 Å². The molecule has 3 fully saturated rings. The Morgan fingerprint density at radius 3 is 2.33 bits per heavy atom. The van der Waals surface area contributed by atoms with Gasteiger partial charge in [-0.05, 0) is 41.9 Å². The van der Waals surface area contributed by atoms with Crippen LogP contribution in [-0.2, 0) is 0 Å². The predicted molar refractivity (Wildman–Crippen MR) is 68.8 cm³/mol. The minimum absolute atomic E-state index is 0.0215. The lowest BCUT2D eigenvalue weighted by Crippen LogP contribution is -2.46. The molecule has 0 aromatic carbocycles. The van der Waals surface area contributed by atoms with Crippen molar-refractivity contribution in [3.8, 4) is 0 Å². The van der Waals surface area contributed by atoms with Gasteiger partial charge in [-0.15, -0.1) is 0 Å². The van der Waals surface area contributed by atoms with Crippen molar-refractivity contribution in [2.45, 2.75) is 64.8 Å². The molecule has 7 atom stereocenters. The maximum atomic E-state index is 11.2. The van der Waals surface area contributed by atoms with Gasteiger partial charge in [-0.2, -0.15) is 0 Å². The van der Waals surface area contributed by atoms with Gasteiger partial charge >= 0.3 is 0 Å². The highest BCUT2D eigenvalue weighted by Crippen LogP contribution is 2.71. The van der Waals surface area contributed by atoms with Gasteiger partial charge in [-0.25, -0.2) is 0 Å². The smallest absolute Gasteiger partial charge is 0.0738 e. The molecule has 3 saturated carbocycles. The maximum absolute atomic E-state index is 11.2. The summed E-state index contributed by atoms with van der Waals surface area (Å²) in [4.78, 5) is 0. The van der Waals surface area contributed by atoms with Crippen LogP contribution < -0.4 is 0 Å². The topological polar surface area (TPSA) is 60.7 Å². The minimum Gasteiger partial charge on any atom is -0.393 e. The fraction of sp³-hybridized carbons (Fsp3) is 1.00. The molecule has 0 saturated heterocycles. The fourth-order valence-electron chi connectivity index (χ4n) is 5.09. The van der Waals surface area contributed by atoms with Crippen molar-refractivity contribution in [1.82, 2.24) is 0 Å². The van der Waals surface area contributed by atoms with Gasteiger partial charge in [-0.3, -0.25) is 0 Å². The number of aliphatic hydroxyl groups excluding tert-OH is 2. The Balaban J connectivity index is 2.06. The van der Waals surface area contributed by atoms with E-state index in [1.54, 1.807) is 0 Å². The van der Waals surface area contributed by atoms with E-state index >= 15 is 0 Å². The number of rotatable bonds is 0. The molecule has 18 heavy (non-hydrogen) atoms. The Hall–Kier alpha value is -0.120. The van der Waals surface area contributed by atoms with Crippen LogP contribution in [0.4, 0.5) is 0 Å². The summed E-state index contributed by atoms with van der Waals surface area (Å²) in [6, 6.07) is 0. The van der Waals surface area contributed by atoms with Crippen molar-refractivity contribution in [1.29, 1.82) is 0 Å². The molecule has 3 rings (SSSR count). The van der Waals surface area contributed by atoms with Gasteiger partial charge in [-0.1, -0.05) is 27.7 Å². The second-order valence-electron chi connectivity index (χ2n) is 8.06. The number of hydrogen-bond donors (Lipinski definition) is 3. The van der Waals surface area contributed by atoms with E-state index in [-0.39, 0.29) is 28.8 Å². The van der Waals surface area contributed by atoms with Crippen LogP contribution in [0.2, 0.25) is 0 Å². The van der Waals surface area contributed by atoms with Crippen LogP contribution in [0.15, 0.2) is 0 Å². The zero-order valence-corrected chi connectivity index (χ0v) is 11.8. The van der Waals surface area contributed by atoms with Gasteiger partial charge < -0.3 is 15.3 Å². The van der Waals surface area contributed by atoms with Gasteiger partial charge in [0, 0.05) is 5.92 Å². The van der Waals surface area contributed by atoms with Crippen molar-refractivity contribution < 1.29 is 15.3 Å². The van der Waals surface area contributed by atoms with Crippen molar-refractivity contribution in [3.63, 3.8) is 0 Å². The SMILES string of the molecule is CC1C(O)CC2C3(C)CC3C(O)C(C)(C)CC12O. The monoisotopic (exact) mass is 254 g/mol. The van der Waals surface area contributed by atoms with Crippen LogP contribution in [0.25, 0.3) is 0 Å². The van der Waals surface area contributed by atoms with Crippen molar-refractivity contribution in [3.05, 3.63) is 0 Å². The lowest BCUT2D eigenvalue weighted by atomic mass is 9.69. The lowest BCUT2D eigenvalue weighted by Gasteiger charge is -2.41. The highest BCUT2D eigenvalue weighted by molar-refractivity contribution is 5.21. The van der Waals surface area contributed by atoms with Crippen LogP contribution in [0.5, 0.6) is 0 Å². The molecule has 0 aromatic rings. The molecule has 0 heterocycles. The fourth-order valence-corrected chi connectivity index (χ4v) is 5.09. The first-order valence-corrected chi connectivity index (χ1v) is 7.21. The molecule has 3 aliphatic carbocycles. The molecule has 3 heteroatoms. The van der Waals surface area contributed by atoms with Crippen LogP contribution in [0.1, 0.15) is 47.0 Å². The third-order valence-electron chi connectivity index (χ3n) is 6.51. The van der Waals surface area contributed by atoms with E-state index in [2.05, 4.69) is 6.92 Å². The molecule has 0 aliphatic heterocycles. The summed E-state index contributed by atoms with van der Waals surface area (Å²) >= 11 is 0. The number of fused-ring (bicyclic) bond motifs is 3. The average molecular weight is 254 g/mol. The third kappa shape index (κ3) is 1.36. The molecule has 3 nitrogen and oxygen atoms in total. The van der Waals surface area contributed by atoms with E-state index < -0.39 is 11.7 Å². The molecule has 0 radical (unpaired) electrons. The summed E-state index contributed by atoms with van der Waals surface area (Å²) in [5, 5.41) is 31.9. The van der Waals surface area contributed by atoms with Crippen molar-refractivity contribution in [2.75, 3.05) is 0 Å². The van der Waals surface area contributed by atoms with Gasteiger partial charge in [0.25, 0.3) is 0 Å². The first-order chi connectivity index (χ1) is 8.13. The molecule has 7 unspecified atom stereocenters. The summed E-state index contributed by atoms with van der Waals surface area (Å²) < 4.78 is 0. The zero-order valence-electron chi connectivity index (χ0n) is 11.8. The van der Waals surface area contributed by atoms with Gasteiger partial charge in [0.2, 0.25) is 0 Å². The highest BCUT2D eigenvalue weighted by Gasteiger charge is 2.71. The summed E-state index contributed by atoms with van der Waals surface area (Å²) in [5.74, 6) is 0.339. The van der Waals surface area contributed by atoms with Crippen LogP contribution >= 0.6 is 0 Å². The first kappa shape index (κ1) is 12.9. The Kier molecular flexibility index (Phi) is 2.37. The summed E-state index contributed by atoms with van der Waals surface area (Å²) in [6.07, 6.45) is 1.54. The largest absolute Gasteiger partial charge is 0.393 e. The summed E-state index contributed by atoms with van der Waals surface area (Å²) in [6.45, 7) is 8.24. The average Bonchev–Trinajstić information content (AvgIpc) is 2.89. The number of aliphatic hydroxyl groups is 3. The van der Waals surface area contributed by atoms with Crippen LogP contribution in [0, 0.1) is 28.6 Å². The molecular weight excluding hydrogens is 228 g/mol. The highest BCUT2D eigenvalue weighted by atomic mass is 16.3. The summed E-state index contributed by atoms with van der Waals surface area (Å²) in [7, 11) is 0. The second kappa shape index (κ2) is 3.31. The molecule has 3 aliphatic rings. The lowest BCUT2D eigenvalue weighted by molar-refractivity contribution is -0.0946. The quantitative estimate of drug-likeness (QED) is 0.614. The minimum atomic E-state index is -0.816. The number of hydrogen-bond acceptors (Lipinski definition) is 3. The van der Waals surface area contributed by atoms with Gasteiger partial charge in [0.15, 0.2) is 0 Å². The predicted octanol–water partition coefficient (Wildman–Crippen LogP) is 1.55. The van der Waals surface area contributed by atoms with E-state index in [9.17, 15) is 15.3 Å². The van der Waals surface area contributed by atoms with Crippen LogP contribution in [-0.4, -0.2) is 33.1 Å². The van der Waals surface area contributed by atoms with Crippen molar-refractivity contribution in [2.24, 2.45) is 28.6 Å². The Labute approximate surface area is 109 Å². The van der Waals surface area contributed by atoms with E-state index in [4.69, 9.17) is 0 Å². The van der Waals surface area contributed by atoms with E-state index in [1.807, 2.05) is 20.8 Å². The standard InChI is InChI=1S/C15H26O3/c1-8-10(16)5-11-14(4)6-9(14)12(17)13(2,3)7-15(8,11)18/h8-12,16-18H,5-7H2,1-4H3. The van der Waals surface area contributed by atoms with E-state index in [0.717, 1.165) is 6.42 Å². The van der Waals surface area contributed by atoms with Crippen molar-refractivity contribution >= 4 is 0 Å². The normalized spacial score (nSPS) is 61.8. The molecule has 0 aromatic heterocycles. The first-order valence-electron chi connectivity index (χ1n) is 7.21. The molecule has 104 valence electrons.